The second-order valence-electron chi connectivity index (χ2n) is 7.11. The first kappa shape index (κ1) is 20.4. The summed E-state index contributed by atoms with van der Waals surface area (Å²) in [5.41, 5.74) is 3.37. The van der Waals surface area contributed by atoms with E-state index in [4.69, 9.17) is 10.1 Å². The molecule has 0 saturated carbocycles. The van der Waals surface area contributed by atoms with Crippen molar-refractivity contribution >= 4 is 32.8 Å². The molecule has 0 aliphatic carbocycles. The second kappa shape index (κ2) is 8.23. The highest BCUT2D eigenvalue weighted by Gasteiger charge is 2.16. The van der Waals surface area contributed by atoms with Gasteiger partial charge in [0.1, 0.15) is 5.82 Å². The maximum Gasteiger partial charge on any atom is 0.238 e. The van der Waals surface area contributed by atoms with Crippen molar-refractivity contribution in [3.8, 4) is 17.1 Å². The van der Waals surface area contributed by atoms with Crippen molar-refractivity contribution < 1.29 is 8.42 Å². The Morgan fingerprint density at radius 3 is 2.19 bits per heavy atom. The third-order valence-corrected chi connectivity index (χ3v) is 6.92. The number of hydrogen-bond donors (Lipinski definition) is 1. The molecule has 0 bridgehead atoms. The predicted octanol–water partition coefficient (Wildman–Crippen LogP) is 4.89. The van der Waals surface area contributed by atoms with Gasteiger partial charge in [0.2, 0.25) is 10.0 Å². The summed E-state index contributed by atoms with van der Waals surface area (Å²) in [5.74, 6) is 0.692. The molecule has 2 aromatic heterocycles. The highest BCUT2D eigenvalue weighted by atomic mass is 32.2. The molecule has 6 nitrogen and oxygen atoms in total. The minimum absolute atomic E-state index is 0.0628. The molecule has 5 aromatic rings. The van der Waals surface area contributed by atoms with Crippen molar-refractivity contribution in [3.63, 3.8) is 0 Å². The van der Waals surface area contributed by atoms with E-state index in [9.17, 15) is 8.42 Å². The Morgan fingerprint density at radius 1 is 0.812 bits per heavy atom. The smallest absolute Gasteiger partial charge is 0.238 e. The Bertz CT molecular complexity index is 1500. The fraction of sp³-hybridized carbons (Fsp3) is 0. The number of aromatic nitrogens is 3. The number of nitrogens with zero attached hydrogens (tertiary/aromatic N) is 3. The van der Waals surface area contributed by atoms with Gasteiger partial charge in [0, 0.05) is 27.2 Å². The lowest BCUT2D eigenvalue weighted by atomic mass is 10.2. The molecule has 0 atom stereocenters. The first-order chi connectivity index (χ1) is 15.5. The van der Waals surface area contributed by atoms with Gasteiger partial charge in [-0.3, -0.25) is 9.55 Å². The predicted molar refractivity (Wildman–Crippen MR) is 126 cm³/mol. The molecule has 0 radical (unpaired) electrons. The number of fused-ring (bicyclic) bond motifs is 1. The van der Waals surface area contributed by atoms with Crippen LogP contribution in [0.2, 0.25) is 0 Å². The Morgan fingerprint density at radius 2 is 1.50 bits per heavy atom. The fourth-order valence-electron chi connectivity index (χ4n) is 3.46. The van der Waals surface area contributed by atoms with Crippen LogP contribution in [0.5, 0.6) is 0 Å². The van der Waals surface area contributed by atoms with E-state index in [-0.39, 0.29) is 4.90 Å². The Balaban J connectivity index is 1.58. The van der Waals surface area contributed by atoms with E-state index in [1.807, 2.05) is 41.0 Å². The monoisotopic (exact) mass is 458 g/mol. The molecule has 158 valence electrons. The molecule has 0 spiro atoms. The average Bonchev–Trinajstić information content (AvgIpc) is 3.19. The number of hydrogen-bond acceptors (Lipinski definition) is 5. The summed E-state index contributed by atoms with van der Waals surface area (Å²) < 4.78 is 25.3. The third-order valence-electron chi connectivity index (χ3n) is 4.97. The minimum atomic E-state index is -3.76. The lowest BCUT2D eigenvalue weighted by molar-refractivity contribution is 0.598. The van der Waals surface area contributed by atoms with Crippen molar-refractivity contribution in [1.82, 2.24) is 14.5 Å². The summed E-state index contributed by atoms with van der Waals surface area (Å²) in [6.07, 6.45) is 3.48. The summed E-state index contributed by atoms with van der Waals surface area (Å²) in [7, 11) is -3.76. The summed E-state index contributed by atoms with van der Waals surface area (Å²) in [4.78, 5) is 11.4. The van der Waals surface area contributed by atoms with Crippen molar-refractivity contribution in [1.29, 1.82) is 0 Å². The molecular formula is C24H18N4O2S2. The van der Waals surface area contributed by atoms with Crippen LogP contribution >= 0.6 is 11.8 Å². The lowest BCUT2D eigenvalue weighted by Gasteiger charge is -2.11. The van der Waals surface area contributed by atoms with Crippen LogP contribution in [-0.4, -0.2) is 23.0 Å². The zero-order chi connectivity index (χ0) is 22.1. The SMILES string of the molecule is NS(=O)(=O)c1ccc(-c2nc3ccncc3n2-c2ccc(Sc3ccccc3)cc2)cc1. The summed E-state index contributed by atoms with van der Waals surface area (Å²) in [6, 6.07) is 26.7. The largest absolute Gasteiger partial charge is 0.291 e. The normalized spacial score (nSPS) is 11.7. The summed E-state index contributed by atoms with van der Waals surface area (Å²) in [6.45, 7) is 0. The van der Waals surface area contributed by atoms with Gasteiger partial charge in [0.25, 0.3) is 0 Å². The lowest BCUT2D eigenvalue weighted by Crippen LogP contribution is -2.11. The number of benzene rings is 3. The van der Waals surface area contributed by atoms with Gasteiger partial charge in [-0.1, -0.05) is 30.0 Å². The van der Waals surface area contributed by atoms with Crippen molar-refractivity contribution in [2.45, 2.75) is 14.7 Å². The maximum atomic E-state index is 11.6. The molecule has 0 unspecified atom stereocenters. The van der Waals surface area contributed by atoms with Crippen LogP contribution in [0.1, 0.15) is 0 Å². The average molecular weight is 459 g/mol. The number of pyridine rings is 1. The Kier molecular flexibility index (Phi) is 5.26. The number of nitrogens with two attached hydrogens (primary N) is 1. The first-order valence-corrected chi connectivity index (χ1v) is 12.1. The molecule has 2 heterocycles. The highest BCUT2D eigenvalue weighted by molar-refractivity contribution is 7.99. The van der Waals surface area contributed by atoms with Crippen LogP contribution in [0.4, 0.5) is 0 Å². The van der Waals surface area contributed by atoms with E-state index in [1.54, 1.807) is 36.3 Å². The first-order valence-electron chi connectivity index (χ1n) is 9.78. The molecular weight excluding hydrogens is 440 g/mol. The molecule has 8 heteroatoms. The molecule has 0 saturated heterocycles. The van der Waals surface area contributed by atoms with Crippen LogP contribution in [0.15, 0.2) is 112 Å². The molecule has 32 heavy (non-hydrogen) atoms. The third kappa shape index (κ3) is 4.03. The van der Waals surface area contributed by atoms with Crippen LogP contribution in [-0.2, 0) is 10.0 Å². The van der Waals surface area contributed by atoms with Crippen LogP contribution < -0.4 is 5.14 Å². The van der Waals surface area contributed by atoms with E-state index in [0.29, 0.717) is 5.82 Å². The van der Waals surface area contributed by atoms with Gasteiger partial charge < -0.3 is 0 Å². The number of sulfonamides is 1. The van der Waals surface area contributed by atoms with E-state index in [2.05, 4.69) is 29.2 Å². The quantitative estimate of drug-likeness (QED) is 0.405. The van der Waals surface area contributed by atoms with E-state index >= 15 is 0 Å². The van der Waals surface area contributed by atoms with Gasteiger partial charge in [-0.2, -0.15) is 0 Å². The van der Waals surface area contributed by atoms with E-state index < -0.39 is 10.0 Å². The van der Waals surface area contributed by atoms with Gasteiger partial charge in [-0.25, -0.2) is 18.5 Å². The minimum Gasteiger partial charge on any atom is -0.291 e. The Hall–Kier alpha value is -3.46. The highest BCUT2D eigenvalue weighted by Crippen LogP contribution is 2.31. The molecule has 0 aliphatic heterocycles. The topological polar surface area (TPSA) is 90.9 Å². The van der Waals surface area contributed by atoms with Gasteiger partial charge in [-0.05, 0) is 66.7 Å². The van der Waals surface area contributed by atoms with Crippen LogP contribution in [0.25, 0.3) is 28.1 Å². The van der Waals surface area contributed by atoms with Crippen LogP contribution in [0, 0.1) is 0 Å². The maximum absolute atomic E-state index is 11.6. The molecule has 0 fully saturated rings. The van der Waals surface area contributed by atoms with E-state index in [0.717, 1.165) is 27.2 Å². The van der Waals surface area contributed by atoms with Crippen LogP contribution in [0.3, 0.4) is 0 Å². The standard InChI is InChI=1S/C24H18N4O2S2/c25-32(29,30)21-12-6-17(7-13-21)24-27-22-14-15-26-16-23(22)28(24)18-8-10-20(11-9-18)31-19-4-2-1-3-5-19/h1-16H,(H2,25,29,30). The summed E-state index contributed by atoms with van der Waals surface area (Å²) in [5, 5.41) is 5.24. The van der Waals surface area contributed by atoms with Gasteiger partial charge >= 0.3 is 0 Å². The fourth-order valence-corrected chi connectivity index (χ4v) is 4.81. The number of rotatable bonds is 5. The van der Waals surface area contributed by atoms with E-state index in [1.165, 1.54) is 17.0 Å². The molecule has 5 rings (SSSR count). The van der Waals surface area contributed by atoms with Crippen molar-refractivity contribution in [2.75, 3.05) is 0 Å². The molecule has 2 N–H and O–H groups in total. The zero-order valence-electron chi connectivity index (χ0n) is 16.8. The van der Waals surface area contributed by atoms with Gasteiger partial charge in [0.05, 0.1) is 22.1 Å². The number of primary sulfonamides is 1. The molecule has 0 aliphatic rings. The Labute approximate surface area is 189 Å². The van der Waals surface area contributed by atoms with Crippen molar-refractivity contribution in [3.05, 3.63) is 97.3 Å². The molecule has 0 amide bonds. The molecule has 3 aromatic carbocycles. The number of imidazole rings is 1. The van der Waals surface area contributed by atoms with Gasteiger partial charge in [-0.15, -0.1) is 0 Å². The van der Waals surface area contributed by atoms with Crippen molar-refractivity contribution in [2.24, 2.45) is 5.14 Å². The van der Waals surface area contributed by atoms with Gasteiger partial charge in [0.15, 0.2) is 0 Å². The summed E-state index contributed by atoms with van der Waals surface area (Å²) >= 11 is 1.70. The second-order valence-corrected chi connectivity index (χ2v) is 9.82. The zero-order valence-corrected chi connectivity index (χ0v) is 18.4.